The molecule has 1 atom stereocenters. The zero-order valence-electron chi connectivity index (χ0n) is 18.3. The third kappa shape index (κ3) is 4.99. The monoisotopic (exact) mass is 460 g/mol. The van der Waals surface area contributed by atoms with Crippen LogP contribution in [0.15, 0.2) is 66.7 Å². The van der Waals surface area contributed by atoms with Crippen molar-refractivity contribution in [1.29, 1.82) is 0 Å². The Bertz CT molecular complexity index is 1190. The zero-order valence-corrected chi connectivity index (χ0v) is 20.0. The molecule has 2 aliphatic heterocycles. The normalized spacial score (nSPS) is 21.8. The molecule has 0 fully saturated rings. The van der Waals surface area contributed by atoms with E-state index in [0.29, 0.717) is 13.0 Å². The van der Waals surface area contributed by atoms with Crippen LogP contribution in [0.25, 0.3) is 22.4 Å². The first kappa shape index (κ1) is 21.8. The minimum Gasteiger partial charge on any atom is -0.365 e. The maximum Gasteiger partial charge on any atom is 0.166 e. The third-order valence-electron chi connectivity index (χ3n) is 6.12. The van der Waals surface area contributed by atoms with Gasteiger partial charge in [-0.1, -0.05) is 94.4 Å². The van der Waals surface area contributed by atoms with E-state index >= 15 is 0 Å². The van der Waals surface area contributed by atoms with Crippen LogP contribution in [0.3, 0.4) is 0 Å². The Morgan fingerprint density at radius 1 is 0.969 bits per heavy atom. The van der Waals surface area contributed by atoms with Crippen molar-refractivity contribution < 1.29 is 9.84 Å². The lowest BCUT2D eigenvalue weighted by Gasteiger charge is -2.24. The van der Waals surface area contributed by atoms with E-state index in [-0.39, 0.29) is 0 Å². The summed E-state index contributed by atoms with van der Waals surface area (Å²) in [5.74, 6) is 0.757. The smallest absolute Gasteiger partial charge is 0.166 e. The molecule has 2 heterocycles. The first-order chi connectivity index (χ1) is 15.6. The highest BCUT2D eigenvalue weighted by Crippen LogP contribution is 2.36. The second kappa shape index (κ2) is 9.48. The van der Waals surface area contributed by atoms with Gasteiger partial charge in [0, 0.05) is 17.9 Å². The first-order valence-electron chi connectivity index (χ1n) is 11.2. The average Bonchev–Trinajstić information content (AvgIpc) is 2.97. The van der Waals surface area contributed by atoms with Gasteiger partial charge in [0.1, 0.15) is 0 Å². The molecule has 0 saturated carbocycles. The highest BCUT2D eigenvalue weighted by atomic mass is 33.1. The van der Waals surface area contributed by atoms with Crippen LogP contribution >= 0.6 is 21.6 Å². The van der Waals surface area contributed by atoms with Crippen molar-refractivity contribution in [2.75, 3.05) is 12.4 Å². The SMILES string of the molecule is CC1(O)Cc2ccc3c(c2)C=CCC=C3CSSCc2cc(cc3ccccc23)CCO1. The molecule has 1 aliphatic carbocycles. The van der Waals surface area contributed by atoms with E-state index in [1.807, 2.05) is 21.6 Å². The largest absolute Gasteiger partial charge is 0.365 e. The molecule has 4 heteroatoms. The van der Waals surface area contributed by atoms with Crippen LogP contribution in [0.4, 0.5) is 0 Å². The number of hydrogen-bond donors (Lipinski definition) is 1. The Kier molecular flexibility index (Phi) is 6.47. The number of benzene rings is 3. The summed E-state index contributed by atoms with van der Waals surface area (Å²) in [6.45, 7) is 2.26. The lowest BCUT2D eigenvalue weighted by molar-refractivity contribution is -0.188. The fourth-order valence-corrected chi connectivity index (χ4v) is 6.75. The quantitative estimate of drug-likeness (QED) is 0.364. The molecule has 6 rings (SSSR count). The van der Waals surface area contributed by atoms with Crippen molar-refractivity contribution in [3.8, 4) is 0 Å². The van der Waals surface area contributed by atoms with E-state index < -0.39 is 5.79 Å². The lowest BCUT2D eigenvalue weighted by atomic mass is 9.96. The van der Waals surface area contributed by atoms with Gasteiger partial charge in [-0.3, -0.25) is 0 Å². The topological polar surface area (TPSA) is 29.5 Å². The van der Waals surface area contributed by atoms with Gasteiger partial charge < -0.3 is 9.84 Å². The fourth-order valence-electron chi connectivity index (χ4n) is 4.56. The number of hydrogen-bond acceptors (Lipinski definition) is 4. The van der Waals surface area contributed by atoms with Crippen molar-refractivity contribution in [3.05, 3.63) is 94.6 Å². The average molecular weight is 461 g/mol. The molecule has 32 heavy (non-hydrogen) atoms. The van der Waals surface area contributed by atoms with Crippen LogP contribution in [-0.2, 0) is 23.3 Å². The number of rotatable bonds is 0. The van der Waals surface area contributed by atoms with Crippen LogP contribution in [0.1, 0.15) is 41.2 Å². The molecule has 3 aliphatic rings. The van der Waals surface area contributed by atoms with E-state index in [4.69, 9.17) is 4.74 Å². The summed E-state index contributed by atoms with van der Waals surface area (Å²) in [5, 5.41) is 13.5. The molecule has 6 bridgehead atoms. The van der Waals surface area contributed by atoms with Gasteiger partial charge >= 0.3 is 0 Å². The van der Waals surface area contributed by atoms with E-state index in [1.165, 1.54) is 38.6 Å². The second-order valence-corrected chi connectivity index (χ2v) is 11.2. The summed E-state index contributed by atoms with van der Waals surface area (Å²) >= 11 is 0. The summed E-state index contributed by atoms with van der Waals surface area (Å²) in [7, 11) is 3.86. The summed E-state index contributed by atoms with van der Waals surface area (Å²) in [4.78, 5) is 0. The van der Waals surface area contributed by atoms with Crippen molar-refractivity contribution in [2.45, 2.75) is 37.7 Å². The maximum absolute atomic E-state index is 10.9. The predicted molar refractivity (Wildman–Crippen MR) is 140 cm³/mol. The summed E-state index contributed by atoms with van der Waals surface area (Å²) in [5.41, 5.74) is 7.64. The standard InChI is InChI=1S/C28H28O2S2/c1-28(29)17-21-10-11-27-23(16-21)6-2-3-8-24(27)18-31-32-19-25-15-20(12-13-30-28)14-22-7-4-5-9-26(22)25/h2,4-11,14-16,29H,3,12-13,17-19H2,1H3. The van der Waals surface area contributed by atoms with Gasteiger partial charge in [-0.05, 0) is 63.9 Å². The highest BCUT2D eigenvalue weighted by Gasteiger charge is 2.22. The van der Waals surface area contributed by atoms with Crippen molar-refractivity contribution in [1.82, 2.24) is 0 Å². The molecule has 2 nitrogen and oxygen atoms in total. The van der Waals surface area contributed by atoms with Gasteiger partial charge in [0.05, 0.1) is 6.61 Å². The first-order valence-corrected chi connectivity index (χ1v) is 13.7. The number of fused-ring (bicyclic) bond motifs is 9. The zero-order chi connectivity index (χ0) is 22.0. The van der Waals surface area contributed by atoms with E-state index in [9.17, 15) is 5.11 Å². The van der Waals surface area contributed by atoms with Gasteiger partial charge in [0.15, 0.2) is 5.79 Å². The molecular formula is C28H28O2S2. The van der Waals surface area contributed by atoms with Gasteiger partial charge in [-0.25, -0.2) is 0 Å². The van der Waals surface area contributed by atoms with E-state index in [2.05, 4.69) is 72.8 Å². The van der Waals surface area contributed by atoms with Gasteiger partial charge in [-0.2, -0.15) is 0 Å². The van der Waals surface area contributed by atoms with Crippen LogP contribution < -0.4 is 0 Å². The van der Waals surface area contributed by atoms with Gasteiger partial charge in [0.25, 0.3) is 0 Å². The molecule has 3 aromatic rings. The predicted octanol–water partition coefficient (Wildman–Crippen LogP) is 7.05. The molecule has 1 N–H and O–H groups in total. The Balaban J connectivity index is 1.49. The van der Waals surface area contributed by atoms with Crippen LogP contribution in [-0.4, -0.2) is 23.3 Å². The molecule has 164 valence electrons. The summed E-state index contributed by atoms with van der Waals surface area (Å²) in [6, 6.07) is 19.7. The van der Waals surface area contributed by atoms with Gasteiger partial charge in [0.2, 0.25) is 0 Å². The van der Waals surface area contributed by atoms with Crippen molar-refractivity contribution in [3.63, 3.8) is 0 Å². The molecular weight excluding hydrogens is 432 g/mol. The minimum absolute atomic E-state index is 0.473. The molecule has 0 amide bonds. The van der Waals surface area contributed by atoms with Gasteiger partial charge in [-0.15, -0.1) is 0 Å². The molecule has 3 aromatic carbocycles. The second-order valence-electron chi connectivity index (χ2n) is 8.74. The maximum atomic E-state index is 10.9. The minimum atomic E-state index is -1.19. The summed E-state index contributed by atoms with van der Waals surface area (Å²) in [6.07, 6.45) is 8.99. The molecule has 0 spiro atoms. The molecule has 0 aromatic heterocycles. The van der Waals surface area contributed by atoms with E-state index in [0.717, 1.165) is 29.9 Å². The van der Waals surface area contributed by atoms with Crippen molar-refractivity contribution in [2.24, 2.45) is 0 Å². The highest BCUT2D eigenvalue weighted by molar-refractivity contribution is 8.76. The summed E-state index contributed by atoms with van der Waals surface area (Å²) < 4.78 is 5.97. The van der Waals surface area contributed by atoms with Crippen LogP contribution in [0.2, 0.25) is 0 Å². The molecule has 1 unspecified atom stereocenters. The van der Waals surface area contributed by atoms with Crippen LogP contribution in [0.5, 0.6) is 0 Å². The molecule has 0 saturated heterocycles. The number of allylic oxidation sites excluding steroid dienone is 2. The fraction of sp³-hybridized carbons (Fsp3) is 0.286. The van der Waals surface area contributed by atoms with E-state index in [1.54, 1.807) is 6.92 Å². The van der Waals surface area contributed by atoms with Crippen molar-refractivity contribution >= 4 is 44.0 Å². The Morgan fingerprint density at radius 2 is 1.84 bits per heavy atom. The lowest BCUT2D eigenvalue weighted by Crippen LogP contribution is -2.32. The molecule has 0 radical (unpaired) electrons. The third-order valence-corrected chi connectivity index (χ3v) is 8.35. The Labute approximate surface area is 198 Å². The number of ether oxygens (including phenoxy) is 1. The number of aliphatic hydroxyl groups is 1. The van der Waals surface area contributed by atoms with Crippen LogP contribution in [0, 0.1) is 0 Å². The Morgan fingerprint density at radius 3 is 2.78 bits per heavy atom. The Hall–Kier alpha value is -1.98.